The van der Waals surface area contributed by atoms with Crippen molar-refractivity contribution in [1.29, 1.82) is 15.8 Å². The molecule has 0 N–H and O–H groups in total. The van der Waals surface area contributed by atoms with E-state index < -0.39 is 0 Å². The van der Waals surface area contributed by atoms with Gasteiger partial charge in [-0.1, -0.05) is 30.3 Å². The molecule has 2 aromatic rings. The molecule has 0 saturated heterocycles. The summed E-state index contributed by atoms with van der Waals surface area (Å²) in [5.74, 6) is 0. The van der Waals surface area contributed by atoms with Crippen LogP contribution in [0.3, 0.4) is 0 Å². The number of aromatic nitrogens is 1. The molecule has 0 saturated carbocycles. The van der Waals surface area contributed by atoms with Gasteiger partial charge in [-0.25, -0.2) is 0 Å². The molecule has 4 nitrogen and oxygen atoms in total. The third kappa shape index (κ3) is 2.58. The van der Waals surface area contributed by atoms with Crippen LogP contribution in [-0.4, -0.2) is 4.57 Å². The molecule has 0 bridgehead atoms. The lowest BCUT2D eigenvalue weighted by Crippen LogP contribution is -2.03. The molecule has 1 aromatic carbocycles. The predicted molar refractivity (Wildman–Crippen MR) is 73.7 cm³/mol. The Bertz CT molecular complexity index is 745. The quantitative estimate of drug-likeness (QED) is 0.794. The highest BCUT2D eigenvalue weighted by molar-refractivity contribution is 5.83. The number of nitrogens with zero attached hydrogens (tertiary/aromatic N) is 4. The minimum absolute atomic E-state index is 0.107. The lowest BCUT2D eigenvalue weighted by molar-refractivity contribution is 0.795. The van der Waals surface area contributed by atoms with Crippen LogP contribution in [0.15, 0.2) is 54.2 Å². The van der Waals surface area contributed by atoms with Crippen molar-refractivity contribution in [3.05, 3.63) is 65.5 Å². The lowest BCUT2D eigenvalue weighted by atomic mass is 10.1. The highest BCUT2D eigenvalue weighted by Crippen LogP contribution is 2.19. The summed E-state index contributed by atoms with van der Waals surface area (Å²) in [5, 5.41) is 27.0. The highest BCUT2D eigenvalue weighted by atomic mass is 15.0. The molecular formula is C16H10N4. The Kier molecular flexibility index (Phi) is 3.98. The van der Waals surface area contributed by atoms with Gasteiger partial charge in [-0.2, -0.15) is 15.8 Å². The fraction of sp³-hybridized carbons (Fsp3) is 0.0625. The van der Waals surface area contributed by atoms with Gasteiger partial charge in [0.25, 0.3) is 0 Å². The molecule has 0 spiro atoms. The Morgan fingerprint density at radius 2 is 1.60 bits per heavy atom. The van der Waals surface area contributed by atoms with Gasteiger partial charge in [0.15, 0.2) is 0 Å². The van der Waals surface area contributed by atoms with Gasteiger partial charge in [0.05, 0.1) is 5.69 Å². The molecule has 4 heteroatoms. The smallest absolute Gasteiger partial charge is 0.149 e. The van der Waals surface area contributed by atoms with E-state index in [1.54, 1.807) is 24.3 Å². The molecule has 0 aliphatic carbocycles. The molecule has 0 unspecified atom stereocenters. The summed E-state index contributed by atoms with van der Waals surface area (Å²) >= 11 is 0. The number of allylic oxidation sites excluding steroid dienone is 2. The largest absolute Gasteiger partial charge is 0.342 e. The van der Waals surface area contributed by atoms with Crippen molar-refractivity contribution in [2.75, 3.05) is 0 Å². The Morgan fingerprint density at radius 3 is 2.20 bits per heavy atom. The average molecular weight is 258 g/mol. The van der Waals surface area contributed by atoms with E-state index in [1.165, 1.54) is 0 Å². The van der Waals surface area contributed by atoms with E-state index in [-0.39, 0.29) is 11.1 Å². The molecule has 94 valence electrons. The summed E-state index contributed by atoms with van der Waals surface area (Å²) in [6.07, 6.45) is 1.83. The third-order valence-electron chi connectivity index (χ3n) is 2.87. The minimum Gasteiger partial charge on any atom is -0.342 e. The van der Waals surface area contributed by atoms with Crippen LogP contribution in [0.5, 0.6) is 0 Å². The van der Waals surface area contributed by atoms with Crippen LogP contribution >= 0.6 is 0 Å². The normalized spacial score (nSPS) is 9.05. The summed E-state index contributed by atoms with van der Waals surface area (Å²) in [5.41, 5.74) is 1.60. The van der Waals surface area contributed by atoms with Crippen molar-refractivity contribution in [1.82, 2.24) is 4.57 Å². The van der Waals surface area contributed by atoms with Gasteiger partial charge in [-0.15, -0.1) is 0 Å². The minimum atomic E-state index is -0.166. The molecular weight excluding hydrogens is 248 g/mol. The van der Waals surface area contributed by atoms with Crippen molar-refractivity contribution in [3.63, 3.8) is 0 Å². The topological polar surface area (TPSA) is 76.3 Å². The monoisotopic (exact) mass is 258 g/mol. The van der Waals surface area contributed by atoms with Crippen LogP contribution in [0.25, 0.3) is 5.57 Å². The van der Waals surface area contributed by atoms with Crippen LogP contribution in [0.4, 0.5) is 0 Å². The summed E-state index contributed by atoms with van der Waals surface area (Å²) in [4.78, 5) is 0. The third-order valence-corrected chi connectivity index (χ3v) is 2.87. The highest BCUT2D eigenvalue weighted by Gasteiger charge is 2.12. The van der Waals surface area contributed by atoms with E-state index in [1.807, 2.05) is 47.2 Å². The summed E-state index contributed by atoms with van der Waals surface area (Å²) in [6, 6.07) is 18.8. The van der Waals surface area contributed by atoms with Crippen LogP contribution < -0.4 is 0 Å². The first kappa shape index (κ1) is 13.1. The van der Waals surface area contributed by atoms with Crippen molar-refractivity contribution < 1.29 is 0 Å². The Labute approximate surface area is 117 Å². The van der Waals surface area contributed by atoms with Crippen molar-refractivity contribution in [3.8, 4) is 18.2 Å². The molecule has 2 rings (SSSR count). The maximum Gasteiger partial charge on any atom is 0.149 e. The number of rotatable bonds is 3. The molecule has 1 aromatic heterocycles. The summed E-state index contributed by atoms with van der Waals surface area (Å²) in [7, 11) is 0. The molecule has 0 radical (unpaired) electrons. The Hall–Kier alpha value is -3.29. The molecule has 1 heterocycles. The van der Waals surface area contributed by atoms with E-state index >= 15 is 0 Å². The first-order valence-corrected chi connectivity index (χ1v) is 5.94. The van der Waals surface area contributed by atoms with Gasteiger partial charge >= 0.3 is 0 Å². The number of benzene rings is 1. The Balaban J connectivity index is 2.45. The predicted octanol–water partition coefficient (Wildman–Crippen LogP) is 2.86. The summed E-state index contributed by atoms with van der Waals surface area (Å²) < 4.78 is 1.85. The molecule has 0 aliphatic heterocycles. The molecule has 0 amide bonds. The van der Waals surface area contributed by atoms with Crippen LogP contribution in [0, 0.1) is 34.0 Å². The van der Waals surface area contributed by atoms with Gasteiger partial charge < -0.3 is 4.57 Å². The van der Waals surface area contributed by atoms with Crippen molar-refractivity contribution >= 4 is 5.57 Å². The molecule has 20 heavy (non-hydrogen) atoms. The fourth-order valence-corrected chi connectivity index (χ4v) is 1.94. The number of hydrogen-bond donors (Lipinski definition) is 0. The second-order valence-electron chi connectivity index (χ2n) is 4.09. The van der Waals surface area contributed by atoms with Crippen molar-refractivity contribution in [2.45, 2.75) is 6.54 Å². The number of nitriles is 3. The Morgan fingerprint density at radius 1 is 0.900 bits per heavy atom. The average Bonchev–Trinajstić information content (AvgIpc) is 2.93. The van der Waals surface area contributed by atoms with E-state index in [0.717, 1.165) is 5.56 Å². The summed E-state index contributed by atoms with van der Waals surface area (Å²) in [6.45, 7) is 0.582. The second-order valence-corrected chi connectivity index (χ2v) is 4.09. The fourth-order valence-electron chi connectivity index (χ4n) is 1.94. The van der Waals surface area contributed by atoms with Gasteiger partial charge in [0.1, 0.15) is 29.4 Å². The van der Waals surface area contributed by atoms with Gasteiger partial charge in [0.2, 0.25) is 0 Å². The maximum atomic E-state index is 9.20. The van der Waals surface area contributed by atoms with Gasteiger partial charge in [0, 0.05) is 12.7 Å². The zero-order chi connectivity index (χ0) is 14.4. The van der Waals surface area contributed by atoms with E-state index in [4.69, 9.17) is 10.5 Å². The molecule has 0 atom stereocenters. The zero-order valence-electron chi connectivity index (χ0n) is 10.6. The lowest BCUT2D eigenvalue weighted by Gasteiger charge is -2.08. The van der Waals surface area contributed by atoms with Crippen LogP contribution in [0.2, 0.25) is 0 Å². The SMILES string of the molecule is N#CC(C#N)=C(C#N)c1cccn1Cc1ccccc1. The van der Waals surface area contributed by atoms with E-state index in [9.17, 15) is 5.26 Å². The molecule has 0 aliphatic rings. The first-order chi connectivity index (χ1) is 9.80. The number of hydrogen-bond acceptors (Lipinski definition) is 3. The maximum absolute atomic E-state index is 9.20. The zero-order valence-corrected chi connectivity index (χ0v) is 10.6. The van der Waals surface area contributed by atoms with Gasteiger partial charge in [-0.05, 0) is 17.7 Å². The first-order valence-electron chi connectivity index (χ1n) is 5.94. The standard InChI is InChI=1S/C16H10N4/c17-9-14(10-18)15(11-19)16-7-4-8-20(16)12-13-5-2-1-3-6-13/h1-8H,12H2. The van der Waals surface area contributed by atoms with Crippen LogP contribution in [0.1, 0.15) is 11.3 Å². The second kappa shape index (κ2) is 6.05. The van der Waals surface area contributed by atoms with E-state index in [2.05, 4.69) is 0 Å². The van der Waals surface area contributed by atoms with Crippen molar-refractivity contribution in [2.24, 2.45) is 0 Å². The molecule has 0 fully saturated rings. The van der Waals surface area contributed by atoms with E-state index in [0.29, 0.717) is 12.2 Å². The van der Waals surface area contributed by atoms with Crippen LogP contribution in [-0.2, 0) is 6.54 Å². The van der Waals surface area contributed by atoms with Gasteiger partial charge in [-0.3, -0.25) is 0 Å².